The summed E-state index contributed by atoms with van der Waals surface area (Å²) in [6.45, 7) is 12.6. The summed E-state index contributed by atoms with van der Waals surface area (Å²) in [5, 5.41) is 12.8. The van der Waals surface area contributed by atoms with Crippen LogP contribution in [0.2, 0.25) is 0 Å². The van der Waals surface area contributed by atoms with Gasteiger partial charge in [0.15, 0.2) is 0 Å². The van der Waals surface area contributed by atoms with Gasteiger partial charge in [-0.2, -0.15) is 0 Å². The van der Waals surface area contributed by atoms with Crippen LogP contribution in [0.1, 0.15) is 76.9 Å². The Labute approximate surface area is 128 Å². The summed E-state index contributed by atoms with van der Waals surface area (Å²) in [6, 6.07) is 3.30. The monoisotopic (exact) mass is 292 g/mol. The molecule has 0 aromatic carbocycles. The first kappa shape index (κ1) is 17.5. The number of pyridine rings is 1. The van der Waals surface area contributed by atoms with E-state index in [1.54, 1.807) is 12.1 Å². The fraction of sp³-hybridized carbons (Fsp3) is 0.647. The molecule has 0 bridgehead atoms. The van der Waals surface area contributed by atoms with E-state index in [9.17, 15) is 9.90 Å². The second-order valence-corrected chi connectivity index (χ2v) is 6.65. The van der Waals surface area contributed by atoms with Gasteiger partial charge in [0.1, 0.15) is 5.82 Å². The number of nitrogens with one attached hydrogen (secondary N) is 1. The van der Waals surface area contributed by atoms with E-state index < -0.39 is 5.97 Å². The maximum atomic E-state index is 11.4. The van der Waals surface area contributed by atoms with Crippen LogP contribution < -0.4 is 5.32 Å². The molecule has 0 spiro atoms. The van der Waals surface area contributed by atoms with Gasteiger partial charge >= 0.3 is 5.97 Å². The number of carboxylic acids is 1. The summed E-state index contributed by atoms with van der Waals surface area (Å²) < 4.78 is 0. The molecule has 0 amide bonds. The lowest BCUT2D eigenvalue weighted by Gasteiger charge is -2.33. The zero-order valence-electron chi connectivity index (χ0n) is 14.1. The molecule has 0 aliphatic rings. The van der Waals surface area contributed by atoms with Crippen molar-refractivity contribution in [2.24, 2.45) is 0 Å². The molecule has 0 aliphatic carbocycles. The Morgan fingerprint density at radius 2 is 1.67 bits per heavy atom. The highest BCUT2D eigenvalue weighted by Crippen LogP contribution is 2.28. The van der Waals surface area contributed by atoms with Gasteiger partial charge < -0.3 is 10.4 Å². The maximum Gasteiger partial charge on any atom is 0.335 e. The van der Waals surface area contributed by atoms with Crippen molar-refractivity contribution < 1.29 is 9.90 Å². The van der Waals surface area contributed by atoms with E-state index in [1.807, 2.05) is 20.8 Å². The summed E-state index contributed by atoms with van der Waals surface area (Å²) in [4.78, 5) is 16.0. The summed E-state index contributed by atoms with van der Waals surface area (Å²) >= 11 is 0. The van der Waals surface area contributed by atoms with E-state index in [4.69, 9.17) is 0 Å². The van der Waals surface area contributed by atoms with E-state index >= 15 is 0 Å². The Balaban J connectivity index is 3.29. The van der Waals surface area contributed by atoms with Crippen LogP contribution in [-0.4, -0.2) is 21.6 Å². The van der Waals surface area contributed by atoms with Gasteiger partial charge in [-0.15, -0.1) is 0 Å². The summed E-state index contributed by atoms with van der Waals surface area (Å²) in [6.07, 6.45) is 2.93. The molecule has 1 aromatic rings. The van der Waals surface area contributed by atoms with Crippen LogP contribution in [0.3, 0.4) is 0 Å². The van der Waals surface area contributed by atoms with Crippen molar-refractivity contribution >= 4 is 11.8 Å². The lowest BCUT2D eigenvalue weighted by atomic mass is 9.89. The van der Waals surface area contributed by atoms with Crippen LogP contribution in [0.25, 0.3) is 0 Å². The second-order valence-electron chi connectivity index (χ2n) is 6.65. The predicted molar refractivity (Wildman–Crippen MR) is 87.1 cm³/mol. The molecular formula is C17H28N2O2. The topological polar surface area (TPSA) is 62.2 Å². The smallest absolute Gasteiger partial charge is 0.335 e. The molecule has 4 heteroatoms. The van der Waals surface area contributed by atoms with E-state index in [2.05, 4.69) is 31.1 Å². The normalized spacial score (nSPS) is 12.3. The number of anilines is 1. The van der Waals surface area contributed by atoms with E-state index in [-0.39, 0.29) is 16.5 Å². The van der Waals surface area contributed by atoms with Gasteiger partial charge in [0, 0.05) is 16.6 Å². The van der Waals surface area contributed by atoms with Gasteiger partial charge in [-0.1, -0.05) is 41.5 Å². The lowest BCUT2D eigenvalue weighted by Crippen LogP contribution is -2.36. The Bertz CT molecular complexity index is 492. The molecule has 118 valence electrons. The highest BCUT2D eigenvalue weighted by Gasteiger charge is 2.26. The Kier molecular flexibility index (Phi) is 5.37. The third kappa shape index (κ3) is 4.19. The minimum Gasteiger partial charge on any atom is -0.478 e. The van der Waals surface area contributed by atoms with Crippen LogP contribution in [0.15, 0.2) is 12.1 Å². The molecule has 4 nitrogen and oxygen atoms in total. The highest BCUT2D eigenvalue weighted by molar-refractivity contribution is 5.88. The molecule has 0 saturated heterocycles. The van der Waals surface area contributed by atoms with E-state index in [1.165, 1.54) is 0 Å². The van der Waals surface area contributed by atoms with Gasteiger partial charge in [0.2, 0.25) is 0 Å². The third-order valence-electron chi connectivity index (χ3n) is 4.26. The quantitative estimate of drug-likeness (QED) is 0.812. The van der Waals surface area contributed by atoms with Crippen molar-refractivity contribution in [2.75, 3.05) is 5.32 Å². The van der Waals surface area contributed by atoms with Gasteiger partial charge in [-0.05, 0) is 31.4 Å². The number of carbonyl (C=O) groups is 1. The van der Waals surface area contributed by atoms with Crippen LogP contribution in [-0.2, 0) is 5.41 Å². The number of carboxylic acid groups (broad SMARTS) is 1. The molecule has 0 radical (unpaired) electrons. The minimum atomic E-state index is -0.916. The Morgan fingerprint density at radius 3 is 2.05 bits per heavy atom. The molecule has 0 unspecified atom stereocenters. The number of rotatable bonds is 6. The zero-order chi connectivity index (χ0) is 16.3. The standard InChI is InChI=1S/C17H28N2O2/c1-7-17(8-2,9-3)19-14-11-12(15(20)21)10-13(18-14)16(4,5)6/h10-11H,7-9H2,1-6H3,(H,18,19)(H,20,21). The number of aromatic carboxylic acids is 1. The molecule has 21 heavy (non-hydrogen) atoms. The van der Waals surface area contributed by atoms with Gasteiger partial charge in [-0.25, -0.2) is 9.78 Å². The molecule has 0 aliphatic heterocycles. The van der Waals surface area contributed by atoms with Crippen molar-refractivity contribution in [1.82, 2.24) is 4.98 Å². The van der Waals surface area contributed by atoms with Gasteiger partial charge in [0.25, 0.3) is 0 Å². The SMILES string of the molecule is CCC(CC)(CC)Nc1cc(C(=O)O)cc(C(C)(C)C)n1. The van der Waals surface area contributed by atoms with Crippen LogP contribution in [0.5, 0.6) is 0 Å². The number of hydrogen-bond acceptors (Lipinski definition) is 3. The molecule has 2 N–H and O–H groups in total. The summed E-state index contributed by atoms with van der Waals surface area (Å²) in [7, 11) is 0. The largest absolute Gasteiger partial charge is 0.478 e. The van der Waals surface area contributed by atoms with Crippen molar-refractivity contribution in [3.63, 3.8) is 0 Å². The summed E-state index contributed by atoms with van der Waals surface area (Å²) in [5.74, 6) is -0.258. The Morgan fingerprint density at radius 1 is 1.14 bits per heavy atom. The van der Waals surface area contributed by atoms with Crippen molar-refractivity contribution in [3.8, 4) is 0 Å². The van der Waals surface area contributed by atoms with Crippen molar-refractivity contribution in [1.29, 1.82) is 0 Å². The third-order valence-corrected chi connectivity index (χ3v) is 4.26. The maximum absolute atomic E-state index is 11.4. The van der Waals surface area contributed by atoms with Gasteiger partial charge in [-0.3, -0.25) is 0 Å². The van der Waals surface area contributed by atoms with Crippen molar-refractivity contribution in [3.05, 3.63) is 23.4 Å². The second kappa shape index (κ2) is 6.46. The number of nitrogens with zero attached hydrogens (tertiary/aromatic N) is 1. The summed E-state index contributed by atoms with van der Waals surface area (Å²) in [5.41, 5.74) is 0.867. The zero-order valence-corrected chi connectivity index (χ0v) is 14.1. The molecule has 0 fully saturated rings. The van der Waals surface area contributed by atoms with Crippen molar-refractivity contribution in [2.45, 2.75) is 71.8 Å². The molecular weight excluding hydrogens is 264 g/mol. The van der Waals surface area contributed by atoms with Gasteiger partial charge in [0.05, 0.1) is 5.56 Å². The van der Waals surface area contributed by atoms with E-state index in [0.717, 1.165) is 25.0 Å². The molecule has 0 atom stereocenters. The van der Waals surface area contributed by atoms with Crippen LogP contribution >= 0.6 is 0 Å². The van der Waals surface area contributed by atoms with E-state index in [0.29, 0.717) is 5.82 Å². The predicted octanol–water partition coefficient (Wildman–Crippen LogP) is 4.46. The molecule has 1 rings (SSSR count). The Hall–Kier alpha value is -1.58. The average molecular weight is 292 g/mol. The molecule has 1 aromatic heterocycles. The number of hydrogen-bond donors (Lipinski definition) is 2. The first-order valence-corrected chi connectivity index (χ1v) is 7.71. The van der Waals surface area contributed by atoms with Crippen LogP contribution in [0.4, 0.5) is 5.82 Å². The molecule has 0 saturated carbocycles. The number of aromatic nitrogens is 1. The average Bonchev–Trinajstić information content (AvgIpc) is 2.43. The van der Waals surface area contributed by atoms with Crippen LogP contribution in [0, 0.1) is 0 Å². The fourth-order valence-corrected chi connectivity index (χ4v) is 2.39. The minimum absolute atomic E-state index is 0.0285. The first-order chi connectivity index (χ1) is 9.67. The fourth-order valence-electron chi connectivity index (χ4n) is 2.39. The first-order valence-electron chi connectivity index (χ1n) is 7.71. The molecule has 1 heterocycles. The highest BCUT2D eigenvalue weighted by atomic mass is 16.4. The lowest BCUT2D eigenvalue weighted by molar-refractivity contribution is 0.0696.